The van der Waals surface area contributed by atoms with Crippen LogP contribution in [0.25, 0.3) is 0 Å². The van der Waals surface area contributed by atoms with Gasteiger partial charge in [0.1, 0.15) is 11.6 Å². The molecule has 156 valence electrons. The predicted molar refractivity (Wildman–Crippen MR) is 118 cm³/mol. The Kier molecular flexibility index (Phi) is 11.3. The average molecular weight is 533 g/mol. The fraction of sp³-hybridized carbons (Fsp3) is 0.250. The smallest absolute Gasteiger partial charge is 0.253 e. The van der Waals surface area contributed by atoms with Crippen molar-refractivity contribution >= 4 is 49.9 Å². The number of hydrogen-bond donors (Lipinski definition) is 2. The summed E-state index contributed by atoms with van der Waals surface area (Å²) in [6.07, 6.45) is 6.18. The third-order valence-electron chi connectivity index (χ3n) is 3.34. The Morgan fingerprint density at radius 3 is 2.55 bits per heavy atom. The van der Waals surface area contributed by atoms with Gasteiger partial charge in [-0.1, -0.05) is 28.1 Å². The zero-order valence-corrected chi connectivity index (χ0v) is 19.1. The van der Waals surface area contributed by atoms with Crippen LogP contribution >= 0.6 is 31.9 Å². The predicted octanol–water partition coefficient (Wildman–Crippen LogP) is 4.64. The monoisotopic (exact) mass is 531 g/mol. The highest BCUT2D eigenvalue weighted by molar-refractivity contribution is 9.12. The minimum atomic E-state index is -0.734. The minimum Gasteiger partial charge on any atom is -0.356 e. The first-order valence-electron chi connectivity index (χ1n) is 8.64. The summed E-state index contributed by atoms with van der Waals surface area (Å²) >= 11 is 6.53. The number of nitrogens with one attached hydrogen (secondary N) is 2. The number of aliphatic imine (C=N–C) groups is 1. The molecular weight excluding hydrogens is 512 g/mol. The second-order valence-electron chi connectivity index (χ2n) is 5.76. The molecule has 9 heteroatoms. The summed E-state index contributed by atoms with van der Waals surface area (Å²) in [6.45, 7) is 4.03. The number of hydrogen-bond acceptors (Lipinski definition) is 3. The van der Waals surface area contributed by atoms with Crippen molar-refractivity contribution in [1.82, 2.24) is 10.6 Å². The quantitative estimate of drug-likeness (QED) is 0.276. The molecule has 1 aromatic rings. The molecule has 0 radical (unpaired) electrons. The van der Waals surface area contributed by atoms with Crippen molar-refractivity contribution in [3.8, 4) is 0 Å². The lowest BCUT2D eigenvalue weighted by molar-refractivity contribution is -0.120. The zero-order chi connectivity index (χ0) is 21.8. The summed E-state index contributed by atoms with van der Waals surface area (Å²) in [7, 11) is 0. The van der Waals surface area contributed by atoms with Crippen molar-refractivity contribution in [3.05, 3.63) is 68.3 Å². The molecule has 0 saturated heterocycles. The van der Waals surface area contributed by atoms with Gasteiger partial charge in [-0.15, -0.1) is 0 Å². The number of benzene rings is 1. The van der Waals surface area contributed by atoms with Crippen LogP contribution in [0.15, 0.2) is 56.1 Å². The molecule has 0 fully saturated rings. The number of amides is 2. The van der Waals surface area contributed by atoms with E-state index in [1.54, 1.807) is 19.1 Å². The molecule has 5 nitrogen and oxygen atoms in total. The Morgan fingerprint density at radius 2 is 1.93 bits per heavy atom. The van der Waals surface area contributed by atoms with Gasteiger partial charge in [-0.3, -0.25) is 14.6 Å². The number of halogens is 4. The van der Waals surface area contributed by atoms with E-state index in [1.807, 2.05) is 6.92 Å². The Hall–Kier alpha value is -2.13. The van der Waals surface area contributed by atoms with Crippen LogP contribution in [0.2, 0.25) is 0 Å². The van der Waals surface area contributed by atoms with E-state index < -0.39 is 17.5 Å². The second-order valence-corrected chi connectivity index (χ2v) is 7.93. The number of nitrogens with zero attached hydrogens (tertiary/aromatic N) is 1. The maximum absolute atomic E-state index is 13.7. The molecule has 0 aliphatic rings. The van der Waals surface area contributed by atoms with E-state index in [4.69, 9.17) is 0 Å². The molecule has 2 N–H and O–H groups in total. The molecule has 0 atom stereocenters. The number of carbonyl (C=O) groups excluding carboxylic acids is 2. The Morgan fingerprint density at radius 1 is 1.21 bits per heavy atom. The maximum atomic E-state index is 13.7. The van der Waals surface area contributed by atoms with E-state index in [2.05, 4.69) is 47.5 Å². The summed E-state index contributed by atoms with van der Waals surface area (Å²) in [5, 5.41) is 5.24. The molecule has 29 heavy (non-hydrogen) atoms. The molecule has 0 aliphatic heterocycles. The lowest BCUT2D eigenvalue weighted by Crippen LogP contribution is -2.24. The van der Waals surface area contributed by atoms with E-state index >= 15 is 0 Å². The highest BCUT2D eigenvalue weighted by Crippen LogP contribution is 2.12. The largest absolute Gasteiger partial charge is 0.356 e. The molecular formula is C20H21Br2F2N3O2. The van der Waals surface area contributed by atoms with Crippen molar-refractivity contribution in [3.63, 3.8) is 0 Å². The molecule has 1 rings (SSSR count). The summed E-state index contributed by atoms with van der Waals surface area (Å²) in [5.41, 5.74) is 0.389. The van der Waals surface area contributed by atoms with Crippen LogP contribution in [0, 0.1) is 11.6 Å². The van der Waals surface area contributed by atoms with Crippen LogP contribution in [0.4, 0.5) is 8.78 Å². The molecule has 0 spiro atoms. The molecule has 0 unspecified atom stereocenters. The van der Waals surface area contributed by atoms with Crippen molar-refractivity contribution in [2.75, 3.05) is 6.54 Å². The van der Waals surface area contributed by atoms with Gasteiger partial charge in [-0.05, 0) is 46.4 Å². The van der Waals surface area contributed by atoms with E-state index in [9.17, 15) is 18.4 Å². The van der Waals surface area contributed by atoms with Gasteiger partial charge in [0.25, 0.3) is 5.91 Å². The normalized spacial score (nSPS) is 13.0. The summed E-state index contributed by atoms with van der Waals surface area (Å²) in [5.74, 6) is -2.01. The third-order valence-corrected chi connectivity index (χ3v) is 4.10. The summed E-state index contributed by atoms with van der Waals surface area (Å²) in [6, 6.07) is 3.16. The Bertz CT molecular complexity index is 861. The molecule has 0 heterocycles. The first-order valence-corrected chi connectivity index (χ1v) is 10.2. The van der Waals surface area contributed by atoms with Crippen molar-refractivity contribution < 1.29 is 18.4 Å². The van der Waals surface area contributed by atoms with Crippen molar-refractivity contribution in [2.45, 2.75) is 26.8 Å². The van der Waals surface area contributed by atoms with Gasteiger partial charge in [0, 0.05) is 48.0 Å². The number of rotatable bonds is 9. The van der Waals surface area contributed by atoms with Gasteiger partial charge in [-0.2, -0.15) is 0 Å². The van der Waals surface area contributed by atoms with E-state index in [0.717, 1.165) is 12.1 Å². The molecule has 0 bridgehead atoms. The molecule has 0 aliphatic carbocycles. The van der Waals surface area contributed by atoms with Crippen LogP contribution in [0.3, 0.4) is 0 Å². The van der Waals surface area contributed by atoms with Gasteiger partial charge in [0.05, 0.1) is 5.57 Å². The topological polar surface area (TPSA) is 70.6 Å². The van der Waals surface area contributed by atoms with Gasteiger partial charge in [0.15, 0.2) is 0 Å². The Balaban J connectivity index is 2.81. The number of allylic oxidation sites excluding steroid dienone is 2. The highest BCUT2D eigenvalue weighted by atomic mass is 79.9. The lowest BCUT2D eigenvalue weighted by Gasteiger charge is -2.07. The molecule has 0 aromatic heterocycles. The van der Waals surface area contributed by atoms with Gasteiger partial charge in [0.2, 0.25) is 5.91 Å². The molecule has 2 amide bonds. The van der Waals surface area contributed by atoms with E-state index in [-0.39, 0.29) is 30.0 Å². The zero-order valence-electron chi connectivity index (χ0n) is 15.9. The Labute approximate surface area is 185 Å². The number of carbonyl (C=O) groups is 2. The third kappa shape index (κ3) is 10.3. The van der Waals surface area contributed by atoms with Gasteiger partial charge >= 0.3 is 0 Å². The van der Waals surface area contributed by atoms with E-state index in [1.165, 1.54) is 18.5 Å². The second kappa shape index (κ2) is 13.2. The SMILES string of the molecule is CCNC(=O)CC=C(Br)C=NC=C(C=C(C)Br)C(=O)NCc1ccc(F)cc1F. The first kappa shape index (κ1) is 24.9. The fourth-order valence-corrected chi connectivity index (χ4v) is 2.55. The molecule has 1 aromatic carbocycles. The minimum absolute atomic E-state index is 0.0999. The van der Waals surface area contributed by atoms with Gasteiger partial charge < -0.3 is 10.6 Å². The van der Waals surface area contributed by atoms with Crippen molar-refractivity contribution in [1.29, 1.82) is 0 Å². The van der Waals surface area contributed by atoms with Crippen LogP contribution < -0.4 is 10.6 Å². The summed E-state index contributed by atoms with van der Waals surface area (Å²) in [4.78, 5) is 27.9. The molecule has 0 saturated carbocycles. The highest BCUT2D eigenvalue weighted by Gasteiger charge is 2.09. The van der Waals surface area contributed by atoms with Crippen LogP contribution in [0.1, 0.15) is 25.8 Å². The fourth-order valence-electron chi connectivity index (χ4n) is 2.02. The van der Waals surface area contributed by atoms with Crippen LogP contribution in [-0.2, 0) is 16.1 Å². The van der Waals surface area contributed by atoms with Crippen molar-refractivity contribution in [2.24, 2.45) is 4.99 Å². The van der Waals surface area contributed by atoms with Crippen LogP contribution in [0.5, 0.6) is 0 Å². The van der Waals surface area contributed by atoms with Crippen LogP contribution in [-0.4, -0.2) is 24.6 Å². The average Bonchev–Trinajstić information content (AvgIpc) is 2.64. The first-order chi connectivity index (χ1) is 13.7. The maximum Gasteiger partial charge on any atom is 0.253 e. The van der Waals surface area contributed by atoms with E-state index in [0.29, 0.717) is 15.5 Å². The lowest BCUT2D eigenvalue weighted by atomic mass is 10.2. The van der Waals surface area contributed by atoms with Gasteiger partial charge in [-0.25, -0.2) is 8.78 Å². The standard InChI is InChI=1S/C20H21Br2F2N3O2/c1-3-26-19(28)7-5-16(22)12-25-10-15(8-13(2)21)20(29)27-11-14-4-6-17(23)9-18(14)24/h4-6,8-10,12H,3,7,11H2,1-2H3,(H,26,28)(H,27,29). The summed E-state index contributed by atoms with van der Waals surface area (Å²) < 4.78 is 27.9.